The van der Waals surface area contributed by atoms with E-state index in [2.05, 4.69) is 5.32 Å². The maximum absolute atomic E-state index is 11.9. The summed E-state index contributed by atoms with van der Waals surface area (Å²) in [4.78, 5) is 11.9. The average molecular weight is 262 g/mol. The number of carbonyl (C=O) groups is 1. The molecule has 0 radical (unpaired) electrons. The summed E-state index contributed by atoms with van der Waals surface area (Å²) >= 11 is 5.75. The van der Waals surface area contributed by atoms with Crippen molar-refractivity contribution in [1.82, 2.24) is 0 Å². The van der Waals surface area contributed by atoms with Gasteiger partial charge < -0.3 is 10.4 Å². The van der Waals surface area contributed by atoms with E-state index in [1.807, 2.05) is 0 Å². The number of phenolic OH excluding ortho intramolecular Hbond substituents is 1. The second kappa shape index (κ2) is 5.10. The Bertz CT molecular complexity index is 579. The molecule has 2 aromatic carbocycles. The number of aromatic hydroxyl groups is 1. The number of carbonyl (C=O) groups excluding carboxylic acids is 1. The van der Waals surface area contributed by atoms with Crippen LogP contribution in [0.25, 0.3) is 0 Å². The van der Waals surface area contributed by atoms with Gasteiger partial charge in [0, 0.05) is 22.3 Å². The van der Waals surface area contributed by atoms with Gasteiger partial charge in [0.15, 0.2) is 0 Å². The molecular weight excluding hydrogens is 250 g/mol. The number of anilines is 1. The van der Waals surface area contributed by atoms with Crippen LogP contribution in [0.3, 0.4) is 0 Å². The fraction of sp³-hybridized carbons (Fsp3) is 0.0714. The van der Waals surface area contributed by atoms with E-state index in [0.717, 1.165) is 5.56 Å². The van der Waals surface area contributed by atoms with Crippen LogP contribution in [0, 0.1) is 6.92 Å². The average Bonchev–Trinajstić information content (AvgIpc) is 2.34. The summed E-state index contributed by atoms with van der Waals surface area (Å²) in [5.41, 5.74) is 1.83. The van der Waals surface area contributed by atoms with E-state index in [1.165, 1.54) is 6.07 Å². The summed E-state index contributed by atoms with van der Waals surface area (Å²) in [6.07, 6.45) is 0. The van der Waals surface area contributed by atoms with Gasteiger partial charge in [0.2, 0.25) is 0 Å². The highest BCUT2D eigenvalue weighted by atomic mass is 35.5. The minimum absolute atomic E-state index is 0.156. The van der Waals surface area contributed by atoms with Crippen LogP contribution in [0.2, 0.25) is 5.02 Å². The lowest BCUT2D eigenvalue weighted by molar-refractivity contribution is 0.102. The molecule has 1 amide bonds. The van der Waals surface area contributed by atoms with E-state index in [9.17, 15) is 9.90 Å². The predicted octanol–water partition coefficient (Wildman–Crippen LogP) is 3.61. The molecule has 0 unspecified atom stereocenters. The first-order valence-electron chi connectivity index (χ1n) is 5.43. The molecule has 2 aromatic rings. The molecule has 0 saturated heterocycles. The lowest BCUT2D eigenvalue weighted by Gasteiger charge is -2.07. The molecule has 0 saturated carbocycles. The van der Waals surface area contributed by atoms with Crippen LogP contribution in [0.1, 0.15) is 15.9 Å². The van der Waals surface area contributed by atoms with E-state index in [4.69, 9.17) is 11.6 Å². The van der Waals surface area contributed by atoms with Gasteiger partial charge in [-0.25, -0.2) is 0 Å². The largest absolute Gasteiger partial charge is 0.508 e. The van der Waals surface area contributed by atoms with Crippen LogP contribution in [-0.2, 0) is 0 Å². The summed E-state index contributed by atoms with van der Waals surface area (Å²) < 4.78 is 0. The summed E-state index contributed by atoms with van der Waals surface area (Å²) in [6, 6.07) is 11.6. The number of benzene rings is 2. The molecule has 0 bridgehead atoms. The number of amides is 1. The van der Waals surface area contributed by atoms with Crippen molar-refractivity contribution in [2.24, 2.45) is 0 Å². The number of hydrogen-bond acceptors (Lipinski definition) is 2. The molecule has 0 aromatic heterocycles. The van der Waals surface area contributed by atoms with Gasteiger partial charge >= 0.3 is 0 Å². The molecule has 0 spiro atoms. The van der Waals surface area contributed by atoms with Crippen molar-refractivity contribution >= 4 is 23.2 Å². The van der Waals surface area contributed by atoms with Gasteiger partial charge in [-0.1, -0.05) is 17.7 Å². The molecule has 4 heteroatoms. The normalized spacial score (nSPS) is 10.1. The molecule has 92 valence electrons. The Morgan fingerprint density at radius 2 is 1.83 bits per heavy atom. The van der Waals surface area contributed by atoms with Gasteiger partial charge in [0.1, 0.15) is 5.75 Å². The first-order valence-corrected chi connectivity index (χ1v) is 5.80. The molecule has 2 rings (SSSR count). The lowest BCUT2D eigenvalue weighted by atomic mass is 10.2. The zero-order valence-corrected chi connectivity index (χ0v) is 10.5. The van der Waals surface area contributed by atoms with Crippen molar-refractivity contribution in [3.8, 4) is 5.75 Å². The van der Waals surface area contributed by atoms with Crippen molar-refractivity contribution in [2.75, 3.05) is 5.32 Å². The summed E-state index contributed by atoms with van der Waals surface area (Å²) in [6.45, 7) is 1.79. The highest BCUT2D eigenvalue weighted by Gasteiger charge is 2.06. The number of phenols is 1. The van der Waals surface area contributed by atoms with E-state index in [0.29, 0.717) is 16.3 Å². The third-order valence-corrected chi connectivity index (χ3v) is 2.83. The smallest absolute Gasteiger partial charge is 0.255 e. The summed E-state index contributed by atoms with van der Waals surface area (Å²) in [5.74, 6) is -0.0844. The zero-order chi connectivity index (χ0) is 13.1. The molecule has 0 aliphatic carbocycles. The Morgan fingerprint density at radius 1 is 1.17 bits per heavy atom. The maximum Gasteiger partial charge on any atom is 0.255 e. The standard InChI is InChI=1S/C14H12ClNO2/c1-9-2-7-12(8-13(9)17)16-14(18)10-3-5-11(15)6-4-10/h2-8,17H,1H3,(H,16,18). The summed E-state index contributed by atoms with van der Waals surface area (Å²) in [5, 5.41) is 12.8. The molecule has 3 nitrogen and oxygen atoms in total. The second-order valence-electron chi connectivity index (χ2n) is 3.96. The molecular formula is C14H12ClNO2. The van der Waals surface area contributed by atoms with Crippen LogP contribution in [0.5, 0.6) is 5.75 Å². The van der Waals surface area contributed by atoms with Crippen molar-refractivity contribution in [3.05, 3.63) is 58.6 Å². The van der Waals surface area contributed by atoms with Crippen molar-refractivity contribution in [2.45, 2.75) is 6.92 Å². The monoisotopic (exact) mass is 261 g/mol. The zero-order valence-electron chi connectivity index (χ0n) is 9.77. The number of rotatable bonds is 2. The fourth-order valence-electron chi connectivity index (χ4n) is 1.49. The van der Waals surface area contributed by atoms with Crippen molar-refractivity contribution < 1.29 is 9.90 Å². The Hall–Kier alpha value is -2.00. The fourth-order valence-corrected chi connectivity index (χ4v) is 1.62. The summed E-state index contributed by atoms with van der Waals surface area (Å²) in [7, 11) is 0. The first-order chi connectivity index (χ1) is 8.56. The Balaban J connectivity index is 2.16. The number of halogens is 1. The quantitative estimate of drug-likeness (QED) is 0.868. The highest BCUT2D eigenvalue weighted by molar-refractivity contribution is 6.30. The van der Waals surface area contributed by atoms with E-state index in [1.54, 1.807) is 43.3 Å². The lowest BCUT2D eigenvalue weighted by Crippen LogP contribution is -2.11. The Labute approximate surface area is 110 Å². The Morgan fingerprint density at radius 3 is 2.44 bits per heavy atom. The van der Waals surface area contributed by atoms with Crippen LogP contribution in [0.4, 0.5) is 5.69 Å². The van der Waals surface area contributed by atoms with Crippen molar-refractivity contribution in [3.63, 3.8) is 0 Å². The first kappa shape index (κ1) is 12.5. The minimum Gasteiger partial charge on any atom is -0.508 e. The minimum atomic E-state index is -0.241. The molecule has 0 aliphatic heterocycles. The van der Waals surface area contributed by atoms with Gasteiger partial charge in [0.05, 0.1) is 0 Å². The van der Waals surface area contributed by atoms with Crippen LogP contribution < -0.4 is 5.32 Å². The predicted molar refractivity (Wildman–Crippen MR) is 72.2 cm³/mol. The molecule has 0 aliphatic rings. The highest BCUT2D eigenvalue weighted by Crippen LogP contribution is 2.21. The van der Waals surface area contributed by atoms with E-state index in [-0.39, 0.29) is 11.7 Å². The van der Waals surface area contributed by atoms with Gasteiger partial charge in [-0.15, -0.1) is 0 Å². The van der Waals surface area contributed by atoms with Crippen LogP contribution >= 0.6 is 11.6 Å². The molecule has 0 heterocycles. The van der Waals surface area contributed by atoms with Gasteiger partial charge in [-0.3, -0.25) is 4.79 Å². The van der Waals surface area contributed by atoms with Crippen LogP contribution in [-0.4, -0.2) is 11.0 Å². The maximum atomic E-state index is 11.9. The third kappa shape index (κ3) is 2.81. The van der Waals surface area contributed by atoms with Gasteiger partial charge in [0.25, 0.3) is 5.91 Å². The van der Waals surface area contributed by atoms with Crippen molar-refractivity contribution in [1.29, 1.82) is 0 Å². The topological polar surface area (TPSA) is 49.3 Å². The van der Waals surface area contributed by atoms with E-state index >= 15 is 0 Å². The van der Waals surface area contributed by atoms with E-state index < -0.39 is 0 Å². The molecule has 18 heavy (non-hydrogen) atoms. The van der Waals surface area contributed by atoms with Gasteiger partial charge in [-0.05, 0) is 42.8 Å². The Kier molecular flexibility index (Phi) is 3.53. The SMILES string of the molecule is Cc1ccc(NC(=O)c2ccc(Cl)cc2)cc1O. The number of aryl methyl sites for hydroxylation is 1. The number of hydrogen-bond donors (Lipinski definition) is 2. The second-order valence-corrected chi connectivity index (χ2v) is 4.40. The van der Waals surface area contributed by atoms with Gasteiger partial charge in [-0.2, -0.15) is 0 Å². The van der Waals surface area contributed by atoms with Crippen LogP contribution in [0.15, 0.2) is 42.5 Å². The molecule has 0 fully saturated rings. The molecule has 0 atom stereocenters. The third-order valence-electron chi connectivity index (χ3n) is 2.57. The number of nitrogens with one attached hydrogen (secondary N) is 1. The molecule has 2 N–H and O–H groups in total.